The van der Waals surface area contributed by atoms with Crippen molar-refractivity contribution in [3.63, 3.8) is 0 Å². The molecule has 0 amide bonds. The van der Waals surface area contributed by atoms with Crippen LogP contribution in [0.1, 0.15) is 53.7 Å². The van der Waals surface area contributed by atoms with Crippen LogP contribution in [-0.4, -0.2) is 28.6 Å². The molecule has 0 aliphatic carbocycles. The minimum absolute atomic E-state index is 0.00704. The predicted molar refractivity (Wildman–Crippen MR) is 133 cm³/mol. The highest BCUT2D eigenvalue weighted by Gasteiger charge is 2.21. The maximum absolute atomic E-state index is 13.3. The first-order valence-corrected chi connectivity index (χ1v) is 11.6. The molecule has 0 bridgehead atoms. The van der Waals surface area contributed by atoms with Crippen LogP contribution in [0.2, 0.25) is 0 Å². The number of ether oxygens (including phenoxy) is 1. The molecule has 0 unspecified atom stereocenters. The average molecular weight is 455 g/mol. The maximum Gasteiger partial charge on any atom is 0.331 e. The molecule has 1 aliphatic rings. The smallest absolute Gasteiger partial charge is 0.331 e. The molecule has 1 aromatic heterocycles. The summed E-state index contributed by atoms with van der Waals surface area (Å²) in [6.45, 7) is 6.74. The van der Waals surface area contributed by atoms with E-state index < -0.39 is 5.97 Å². The summed E-state index contributed by atoms with van der Waals surface area (Å²) in [5.74, 6) is 0.277. The summed E-state index contributed by atoms with van der Waals surface area (Å²) in [6, 6.07) is 17.6. The Bertz CT molecular complexity index is 1480. The van der Waals surface area contributed by atoms with Crippen LogP contribution >= 0.6 is 0 Å². The number of hydrogen-bond acceptors (Lipinski definition) is 5. The third-order valence-corrected chi connectivity index (χ3v) is 6.35. The SMILES string of the molecule is CCn1c2ccc(C(=O)c3ccccc3C)cc2c2cc3c(cc21)OCCC/C3=N\OC(C)=O. The summed E-state index contributed by atoms with van der Waals surface area (Å²) in [5.41, 5.74) is 5.91. The second-order valence-corrected chi connectivity index (χ2v) is 8.56. The molecule has 3 aromatic carbocycles. The number of carbonyl (C=O) groups is 2. The van der Waals surface area contributed by atoms with Gasteiger partial charge in [-0.25, -0.2) is 4.79 Å². The highest BCUT2D eigenvalue weighted by atomic mass is 16.7. The van der Waals surface area contributed by atoms with Crippen LogP contribution < -0.4 is 4.74 Å². The summed E-state index contributed by atoms with van der Waals surface area (Å²) in [7, 11) is 0. The molecule has 2 heterocycles. The lowest BCUT2D eigenvalue weighted by atomic mass is 9.97. The Hall–Kier alpha value is -3.93. The van der Waals surface area contributed by atoms with Gasteiger partial charge in [0, 0.05) is 52.5 Å². The van der Waals surface area contributed by atoms with Gasteiger partial charge >= 0.3 is 5.97 Å². The lowest BCUT2D eigenvalue weighted by molar-refractivity contribution is -0.140. The van der Waals surface area contributed by atoms with Crippen LogP contribution in [0.5, 0.6) is 5.75 Å². The first kappa shape index (κ1) is 21.9. The molecule has 34 heavy (non-hydrogen) atoms. The Kier molecular flexibility index (Phi) is 5.65. The fourth-order valence-corrected chi connectivity index (χ4v) is 4.71. The zero-order valence-electron chi connectivity index (χ0n) is 19.6. The van der Waals surface area contributed by atoms with E-state index in [1.54, 1.807) is 0 Å². The molecule has 6 heteroatoms. The van der Waals surface area contributed by atoms with Crippen molar-refractivity contribution in [1.29, 1.82) is 0 Å². The number of oxime groups is 1. The van der Waals surface area contributed by atoms with Gasteiger partial charge in [0.25, 0.3) is 0 Å². The fraction of sp³-hybridized carbons (Fsp3) is 0.250. The van der Waals surface area contributed by atoms with Gasteiger partial charge in [0.2, 0.25) is 0 Å². The molecule has 0 fully saturated rings. The van der Waals surface area contributed by atoms with Gasteiger partial charge < -0.3 is 14.1 Å². The molecule has 6 nitrogen and oxygen atoms in total. The summed E-state index contributed by atoms with van der Waals surface area (Å²) in [4.78, 5) is 29.6. The van der Waals surface area contributed by atoms with Crippen molar-refractivity contribution in [3.05, 3.63) is 76.9 Å². The Morgan fingerprint density at radius 2 is 1.85 bits per heavy atom. The Morgan fingerprint density at radius 3 is 2.62 bits per heavy atom. The average Bonchev–Trinajstić information content (AvgIpc) is 2.99. The number of benzene rings is 3. The van der Waals surface area contributed by atoms with E-state index >= 15 is 0 Å². The summed E-state index contributed by atoms with van der Waals surface area (Å²) >= 11 is 0. The van der Waals surface area contributed by atoms with Gasteiger partial charge in [-0.2, -0.15) is 0 Å². The lowest BCUT2D eigenvalue weighted by Gasteiger charge is -2.10. The van der Waals surface area contributed by atoms with E-state index in [-0.39, 0.29) is 5.78 Å². The molecule has 0 N–H and O–H groups in total. The fourth-order valence-electron chi connectivity index (χ4n) is 4.71. The highest BCUT2D eigenvalue weighted by molar-refractivity contribution is 6.17. The van der Waals surface area contributed by atoms with E-state index in [9.17, 15) is 9.59 Å². The lowest BCUT2D eigenvalue weighted by Crippen LogP contribution is -2.03. The number of aromatic nitrogens is 1. The predicted octanol–water partition coefficient (Wildman–Crippen LogP) is 5.79. The zero-order chi connectivity index (χ0) is 23.8. The van der Waals surface area contributed by atoms with E-state index in [4.69, 9.17) is 9.57 Å². The Morgan fingerprint density at radius 1 is 1.06 bits per heavy atom. The number of aryl methyl sites for hydroxylation is 2. The minimum atomic E-state index is -0.456. The van der Waals surface area contributed by atoms with Crippen LogP contribution in [0.25, 0.3) is 21.8 Å². The molecule has 5 rings (SSSR count). The van der Waals surface area contributed by atoms with Crippen molar-refractivity contribution in [2.75, 3.05) is 6.61 Å². The zero-order valence-corrected chi connectivity index (χ0v) is 19.6. The van der Waals surface area contributed by atoms with Gasteiger partial charge in [-0.1, -0.05) is 29.4 Å². The van der Waals surface area contributed by atoms with Gasteiger partial charge in [0.1, 0.15) is 5.75 Å². The number of carbonyl (C=O) groups excluding carboxylic acids is 2. The van der Waals surface area contributed by atoms with Gasteiger partial charge in [-0.05, 0) is 56.5 Å². The molecule has 0 spiro atoms. The molecule has 0 saturated carbocycles. The minimum Gasteiger partial charge on any atom is -0.493 e. The number of ketones is 1. The molecule has 4 aromatic rings. The Labute approximate surface area is 197 Å². The van der Waals surface area contributed by atoms with E-state index in [1.807, 2.05) is 55.5 Å². The van der Waals surface area contributed by atoms with Crippen LogP contribution in [-0.2, 0) is 16.2 Å². The summed E-state index contributed by atoms with van der Waals surface area (Å²) in [5, 5.41) is 6.12. The maximum atomic E-state index is 13.3. The summed E-state index contributed by atoms with van der Waals surface area (Å²) < 4.78 is 8.26. The van der Waals surface area contributed by atoms with Crippen LogP contribution in [0.15, 0.2) is 59.8 Å². The molecule has 0 atom stereocenters. The number of fused-ring (bicyclic) bond motifs is 4. The van der Waals surface area contributed by atoms with Crippen molar-refractivity contribution < 1.29 is 19.2 Å². The van der Waals surface area contributed by atoms with Gasteiger partial charge in [0.15, 0.2) is 5.78 Å². The monoisotopic (exact) mass is 454 g/mol. The summed E-state index contributed by atoms with van der Waals surface area (Å²) in [6.07, 6.45) is 1.43. The largest absolute Gasteiger partial charge is 0.493 e. The molecular formula is C28H26N2O4. The Balaban J connectivity index is 1.72. The first-order valence-electron chi connectivity index (χ1n) is 11.6. The van der Waals surface area contributed by atoms with Gasteiger partial charge in [0.05, 0.1) is 17.8 Å². The standard InChI is InChI=1S/C28H26N2O4/c1-4-30-25-12-11-19(28(32)20-9-6-5-8-17(20)2)14-21(25)22-15-23-24(29-34-18(3)31)10-7-13-33-27(23)16-26(22)30/h5-6,8-9,11-12,14-16H,4,7,10,13H2,1-3H3/b29-24+. The molecule has 172 valence electrons. The van der Waals surface area contributed by atoms with Crippen LogP contribution in [0.4, 0.5) is 0 Å². The molecule has 0 radical (unpaired) electrons. The number of nitrogens with zero attached hydrogens (tertiary/aromatic N) is 2. The van der Waals surface area contributed by atoms with Crippen molar-refractivity contribution >= 4 is 39.3 Å². The first-order chi connectivity index (χ1) is 16.5. The third kappa shape index (κ3) is 3.75. The van der Waals surface area contributed by atoms with Crippen LogP contribution in [0.3, 0.4) is 0 Å². The van der Waals surface area contributed by atoms with E-state index in [2.05, 4.69) is 22.7 Å². The molecule has 1 aliphatic heterocycles. The number of rotatable bonds is 4. The van der Waals surface area contributed by atoms with E-state index in [0.29, 0.717) is 29.9 Å². The third-order valence-electron chi connectivity index (χ3n) is 6.35. The van der Waals surface area contributed by atoms with Gasteiger partial charge in [-0.3, -0.25) is 4.79 Å². The normalized spacial score (nSPS) is 14.6. The number of hydrogen-bond donors (Lipinski definition) is 0. The molecular weight excluding hydrogens is 428 g/mol. The van der Waals surface area contributed by atoms with Gasteiger partial charge in [-0.15, -0.1) is 0 Å². The van der Waals surface area contributed by atoms with E-state index in [0.717, 1.165) is 51.6 Å². The second kappa shape index (κ2) is 8.78. The van der Waals surface area contributed by atoms with Crippen LogP contribution in [0, 0.1) is 6.92 Å². The van der Waals surface area contributed by atoms with Crippen molar-refractivity contribution in [2.24, 2.45) is 5.16 Å². The van der Waals surface area contributed by atoms with Crippen molar-refractivity contribution in [3.8, 4) is 5.75 Å². The van der Waals surface area contributed by atoms with E-state index in [1.165, 1.54) is 6.92 Å². The quantitative estimate of drug-likeness (QED) is 0.222. The second-order valence-electron chi connectivity index (χ2n) is 8.56. The topological polar surface area (TPSA) is 69.9 Å². The highest BCUT2D eigenvalue weighted by Crippen LogP contribution is 2.37. The van der Waals surface area contributed by atoms with Crippen molar-refractivity contribution in [2.45, 2.75) is 40.2 Å². The van der Waals surface area contributed by atoms with Crippen molar-refractivity contribution in [1.82, 2.24) is 4.57 Å². The molecule has 0 saturated heterocycles.